The minimum Gasteiger partial charge on any atom is -0.393 e. The molecule has 2 saturated carbocycles. The molecule has 1 spiro atoms. The van der Waals surface area contributed by atoms with Crippen molar-refractivity contribution in [2.24, 2.45) is 17.3 Å². The van der Waals surface area contributed by atoms with Crippen LogP contribution in [0.25, 0.3) is 0 Å². The summed E-state index contributed by atoms with van der Waals surface area (Å²) in [6.07, 6.45) is 10.7. The van der Waals surface area contributed by atoms with Gasteiger partial charge in [-0.05, 0) is 67.8 Å². The van der Waals surface area contributed by atoms with Crippen LogP contribution in [-0.4, -0.2) is 40.9 Å². The number of hydrogen-bond acceptors (Lipinski definition) is 4. The molecule has 0 bridgehead atoms. The van der Waals surface area contributed by atoms with E-state index < -0.39 is 11.4 Å². The Morgan fingerprint density at radius 2 is 2.00 bits per heavy atom. The van der Waals surface area contributed by atoms with Crippen LogP contribution in [0, 0.1) is 17.3 Å². The summed E-state index contributed by atoms with van der Waals surface area (Å²) in [4.78, 5) is 0. The summed E-state index contributed by atoms with van der Waals surface area (Å²) in [5.74, 6) is 0.291. The van der Waals surface area contributed by atoms with Crippen LogP contribution in [0.1, 0.15) is 78.1 Å². The lowest BCUT2D eigenvalue weighted by molar-refractivity contribution is -0.208. The van der Waals surface area contributed by atoms with Gasteiger partial charge < -0.3 is 19.7 Å². The van der Waals surface area contributed by atoms with Crippen LogP contribution in [-0.2, 0) is 9.47 Å². The summed E-state index contributed by atoms with van der Waals surface area (Å²) < 4.78 is 11.9. The molecule has 3 aliphatic carbocycles. The highest BCUT2D eigenvalue weighted by Gasteiger charge is 2.55. The monoisotopic (exact) mass is 390 g/mol. The van der Waals surface area contributed by atoms with E-state index in [1.165, 1.54) is 11.1 Å². The van der Waals surface area contributed by atoms with E-state index in [1.54, 1.807) is 0 Å². The summed E-state index contributed by atoms with van der Waals surface area (Å²) in [7, 11) is 0. The first-order chi connectivity index (χ1) is 13.3. The molecule has 4 heteroatoms. The van der Waals surface area contributed by atoms with Gasteiger partial charge in [0, 0.05) is 12.8 Å². The maximum absolute atomic E-state index is 11.7. The first-order valence-electron chi connectivity index (χ1n) is 11.4. The highest BCUT2D eigenvalue weighted by molar-refractivity contribution is 5.36. The van der Waals surface area contributed by atoms with Crippen molar-refractivity contribution in [1.82, 2.24) is 0 Å². The van der Waals surface area contributed by atoms with E-state index in [2.05, 4.69) is 20.4 Å². The molecule has 0 aromatic heterocycles. The predicted molar refractivity (Wildman–Crippen MR) is 110 cm³/mol. The number of ether oxygens (including phenoxy) is 2. The molecule has 28 heavy (non-hydrogen) atoms. The van der Waals surface area contributed by atoms with E-state index in [9.17, 15) is 10.2 Å². The van der Waals surface area contributed by atoms with Gasteiger partial charge in [-0.2, -0.15) is 0 Å². The Morgan fingerprint density at radius 1 is 1.25 bits per heavy atom. The van der Waals surface area contributed by atoms with Crippen molar-refractivity contribution in [2.75, 3.05) is 13.2 Å². The van der Waals surface area contributed by atoms with Crippen molar-refractivity contribution < 1.29 is 19.7 Å². The van der Waals surface area contributed by atoms with Crippen LogP contribution in [0.4, 0.5) is 0 Å². The van der Waals surface area contributed by atoms with Crippen LogP contribution in [0.2, 0.25) is 0 Å². The summed E-state index contributed by atoms with van der Waals surface area (Å²) in [5, 5.41) is 22.6. The number of allylic oxidation sites excluding steroid dienone is 2. The average Bonchev–Trinajstić information content (AvgIpc) is 3.09. The number of rotatable bonds is 5. The fourth-order valence-electron chi connectivity index (χ4n) is 6.82. The number of hydrogen-bond donors (Lipinski definition) is 2. The lowest BCUT2D eigenvalue weighted by Crippen LogP contribution is -2.52. The highest BCUT2D eigenvalue weighted by Crippen LogP contribution is 2.58. The lowest BCUT2D eigenvalue weighted by atomic mass is 9.54. The van der Waals surface area contributed by atoms with E-state index in [0.29, 0.717) is 31.5 Å². The molecule has 1 heterocycles. The third kappa shape index (κ3) is 3.40. The van der Waals surface area contributed by atoms with Crippen LogP contribution in [0.3, 0.4) is 0 Å². The highest BCUT2D eigenvalue weighted by atomic mass is 16.7. The predicted octanol–water partition coefficient (Wildman–Crippen LogP) is 4.50. The molecule has 0 aromatic carbocycles. The Labute approximate surface area is 170 Å². The fraction of sp³-hybridized carbons (Fsp3) is 0.833. The Bertz CT molecular complexity index is 635. The molecule has 1 aliphatic heterocycles. The smallest absolute Gasteiger partial charge is 0.171 e. The molecule has 0 radical (unpaired) electrons. The van der Waals surface area contributed by atoms with Gasteiger partial charge in [-0.15, -0.1) is 6.58 Å². The van der Waals surface area contributed by atoms with E-state index in [0.717, 1.165) is 57.8 Å². The van der Waals surface area contributed by atoms with Crippen LogP contribution >= 0.6 is 0 Å². The lowest BCUT2D eigenvalue weighted by Gasteiger charge is -2.54. The molecule has 0 amide bonds. The van der Waals surface area contributed by atoms with Crippen LogP contribution < -0.4 is 0 Å². The van der Waals surface area contributed by atoms with E-state index in [1.807, 2.05) is 6.08 Å². The average molecular weight is 391 g/mol. The Hall–Kier alpha value is -0.680. The topological polar surface area (TPSA) is 58.9 Å². The molecule has 4 aliphatic rings. The Kier molecular flexibility index (Phi) is 5.54. The second kappa shape index (κ2) is 7.54. The SMILES string of the molecule is C=CC[C@H]1C[C@](C)([C@@H](O)CCC)CC2CC[C@@]3(O)CC4(CCC3=C21)OCCO4. The standard InChI is InChI=1S/C24H38O4/c1-4-6-17-14-22(3,20(25)7-5-2)15-18-8-10-23(26)16-24(27-12-13-28-24)11-9-19(23)21(17)18/h4,17-18,20,25-26H,1,5-16H2,2-3H3/t17-,18?,20-,22-,23+/m0/s1. The first-order valence-corrected chi connectivity index (χ1v) is 11.4. The minimum atomic E-state index is -0.788. The minimum absolute atomic E-state index is 0.0402. The quantitative estimate of drug-likeness (QED) is 0.679. The van der Waals surface area contributed by atoms with Gasteiger partial charge in [0.25, 0.3) is 0 Å². The summed E-state index contributed by atoms with van der Waals surface area (Å²) in [5.41, 5.74) is 1.93. The van der Waals surface area contributed by atoms with Crippen molar-refractivity contribution in [3.8, 4) is 0 Å². The van der Waals surface area contributed by atoms with Crippen molar-refractivity contribution >= 4 is 0 Å². The molecule has 0 aromatic rings. The zero-order valence-electron chi connectivity index (χ0n) is 17.7. The van der Waals surface area contributed by atoms with Crippen LogP contribution in [0.5, 0.6) is 0 Å². The van der Waals surface area contributed by atoms with Crippen molar-refractivity contribution in [2.45, 2.75) is 95.5 Å². The van der Waals surface area contributed by atoms with E-state index in [4.69, 9.17) is 9.47 Å². The van der Waals surface area contributed by atoms with Gasteiger partial charge in [-0.25, -0.2) is 0 Å². The Morgan fingerprint density at radius 3 is 2.68 bits per heavy atom. The van der Waals surface area contributed by atoms with Gasteiger partial charge in [-0.1, -0.05) is 31.9 Å². The van der Waals surface area contributed by atoms with E-state index >= 15 is 0 Å². The maximum atomic E-state index is 11.7. The first kappa shape index (κ1) is 20.6. The van der Waals surface area contributed by atoms with Gasteiger partial charge in [0.05, 0.1) is 24.9 Å². The van der Waals surface area contributed by atoms with Gasteiger partial charge in [0.2, 0.25) is 0 Å². The third-order valence-electron chi connectivity index (χ3n) is 8.07. The van der Waals surface area contributed by atoms with Crippen LogP contribution in [0.15, 0.2) is 23.8 Å². The molecule has 4 rings (SSSR count). The maximum Gasteiger partial charge on any atom is 0.171 e. The summed E-state index contributed by atoms with van der Waals surface area (Å²) >= 11 is 0. The number of aliphatic hydroxyl groups excluding tert-OH is 1. The summed E-state index contributed by atoms with van der Waals surface area (Å²) in [6, 6.07) is 0. The largest absolute Gasteiger partial charge is 0.393 e. The zero-order chi connectivity index (χ0) is 20.0. The molecule has 5 atom stereocenters. The van der Waals surface area contributed by atoms with Crippen molar-refractivity contribution in [3.05, 3.63) is 23.8 Å². The molecule has 4 nitrogen and oxygen atoms in total. The Balaban J connectivity index is 1.66. The fourth-order valence-corrected chi connectivity index (χ4v) is 6.82. The number of aliphatic hydroxyl groups is 2. The normalized spacial score (nSPS) is 40.9. The molecule has 1 saturated heterocycles. The van der Waals surface area contributed by atoms with Crippen molar-refractivity contribution in [3.63, 3.8) is 0 Å². The second-order valence-corrected chi connectivity index (χ2v) is 10.1. The molecule has 3 fully saturated rings. The zero-order valence-corrected chi connectivity index (χ0v) is 17.7. The second-order valence-electron chi connectivity index (χ2n) is 10.1. The number of fused-ring (bicyclic) bond motifs is 2. The van der Waals surface area contributed by atoms with E-state index in [-0.39, 0.29) is 11.5 Å². The van der Waals surface area contributed by atoms with Gasteiger partial charge in [0.15, 0.2) is 5.79 Å². The molecule has 2 N–H and O–H groups in total. The molecule has 158 valence electrons. The molecular formula is C24H38O4. The summed E-state index contributed by atoms with van der Waals surface area (Å²) in [6.45, 7) is 9.71. The van der Waals surface area contributed by atoms with Gasteiger partial charge >= 0.3 is 0 Å². The third-order valence-corrected chi connectivity index (χ3v) is 8.07. The molecule has 1 unspecified atom stereocenters. The molecular weight excluding hydrogens is 352 g/mol. The van der Waals surface area contributed by atoms with Gasteiger partial charge in [0.1, 0.15) is 0 Å². The van der Waals surface area contributed by atoms with Gasteiger partial charge in [-0.3, -0.25) is 0 Å². The van der Waals surface area contributed by atoms with Crippen molar-refractivity contribution in [1.29, 1.82) is 0 Å².